The smallest absolute Gasteiger partial charge is 0.411 e. The lowest BCUT2D eigenvalue weighted by Gasteiger charge is -2.42. The number of esters is 1. The highest BCUT2D eigenvalue weighted by Crippen LogP contribution is 2.51. The van der Waals surface area contributed by atoms with Crippen LogP contribution in [-0.2, 0) is 70.3 Å². The number of amides is 10. The number of unbranched alkanes of at least 4 members (excludes halogenated alkanes) is 2. The molecule has 0 spiro atoms. The van der Waals surface area contributed by atoms with Gasteiger partial charge in [0.1, 0.15) is 53.4 Å². The molecular formula is C61H82ClN9O17. The number of nitrogens with two attached hydrogens (primary N) is 1. The van der Waals surface area contributed by atoms with Crippen molar-refractivity contribution in [2.75, 3.05) is 44.6 Å². The lowest BCUT2D eigenvalue weighted by Crippen LogP contribution is -2.63. The highest BCUT2D eigenvalue weighted by atomic mass is 35.5. The van der Waals surface area contributed by atoms with Crippen molar-refractivity contribution >= 4 is 82.6 Å². The molecule has 3 fully saturated rings. The molecule has 0 aromatic heterocycles. The van der Waals surface area contributed by atoms with Gasteiger partial charge in [-0.05, 0) is 87.3 Å². The maximum atomic E-state index is 14.4. The molecule has 11 atom stereocenters. The Hall–Kier alpha value is -7.81. The first-order valence-electron chi connectivity index (χ1n) is 29.5. The molecule has 480 valence electrons. The predicted octanol–water partition coefficient (Wildman–Crippen LogP) is 4.66. The van der Waals surface area contributed by atoms with Gasteiger partial charge in [0.05, 0.1) is 42.8 Å². The van der Waals surface area contributed by atoms with Crippen molar-refractivity contribution in [3.63, 3.8) is 0 Å². The zero-order valence-corrected chi connectivity index (χ0v) is 52.1. The Morgan fingerprint density at radius 1 is 0.920 bits per heavy atom. The number of epoxide rings is 1. The summed E-state index contributed by atoms with van der Waals surface area (Å²) in [5.74, 6) is -4.70. The minimum Gasteiger partial charge on any atom is -0.495 e. The summed E-state index contributed by atoms with van der Waals surface area (Å²) in [4.78, 5) is 135. The van der Waals surface area contributed by atoms with Gasteiger partial charge in [-0.25, -0.2) is 14.4 Å². The fourth-order valence-corrected chi connectivity index (χ4v) is 11.7. The third kappa shape index (κ3) is 16.1. The molecule has 5 heterocycles. The van der Waals surface area contributed by atoms with Crippen molar-refractivity contribution in [1.29, 1.82) is 0 Å². The topological polar surface area (TPSA) is 345 Å². The summed E-state index contributed by atoms with van der Waals surface area (Å²) in [6.07, 6.45) is 1.59. The number of ether oxygens (including phenoxy) is 6. The molecule has 3 saturated heterocycles. The van der Waals surface area contributed by atoms with E-state index in [1.54, 1.807) is 90.1 Å². The van der Waals surface area contributed by atoms with Crippen molar-refractivity contribution in [2.24, 2.45) is 23.5 Å². The van der Waals surface area contributed by atoms with Crippen LogP contribution < -0.4 is 42.0 Å². The van der Waals surface area contributed by atoms with E-state index in [2.05, 4.69) is 26.6 Å². The molecule has 26 nitrogen and oxygen atoms in total. The minimum absolute atomic E-state index is 0.0737. The van der Waals surface area contributed by atoms with Crippen LogP contribution in [0.4, 0.5) is 25.8 Å². The van der Waals surface area contributed by atoms with Crippen LogP contribution >= 0.6 is 11.6 Å². The number of anilines is 2. The number of hydrogen-bond donors (Lipinski definition) is 7. The molecule has 4 bridgehead atoms. The Morgan fingerprint density at radius 3 is 2.25 bits per heavy atom. The standard InChI is InChI=1S/C61H82ClN9O17/c1-33(2)51(67-46(72)16-12-11-13-26-70-47(73)23-24-48(70)74)54(77)66-39(15-14-25-64-56(63)79)53(76)65-38-19-17-36(18-20-38)32-85-58(81)71-43-21-22-44(84-10)61(82)31-42(86-57(80)68-61)35(5)52-60(7,88-52)45(87-55(78)34(3)4)29-49(75)69(8)40-27-37(30-59(43,71)6)28-41(83-9)50(40)62/h17-24,27-28,33-35,39,42-45,51-52,82H,11-16,25-26,29-32H2,1-10H3,(H,65,76)(H,66,77)(H,67,72)(H,68,80)(H3,63,64,79)/b22-21+/t35?,39-,42?,43?,44?,45?,51-,52-,59?,60-,61?,71?/m0/s1. The first kappa shape index (κ1) is 67.7. The van der Waals surface area contributed by atoms with E-state index in [1.165, 1.54) is 43.2 Å². The van der Waals surface area contributed by atoms with Gasteiger partial charge in [0.15, 0.2) is 5.72 Å². The van der Waals surface area contributed by atoms with E-state index in [0.717, 1.165) is 4.90 Å². The number of benzene rings is 2. The monoisotopic (exact) mass is 1250 g/mol. The van der Waals surface area contributed by atoms with Gasteiger partial charge >= 0.3 is 24.2 Å². The highest BCUT2D eigenvalue weighted by molar-refractivity contribution is 6.35. The summed E-state index contributed by atoms with van der Waals surface area (Å²) in [5.41, 5.74) is 2.71. The number of alkyl carbamates (subject to hydrolysis) is 1. The minimum atomic E-state index is -2.03. The molecule has 0 aliphatic carbocycles. The van der Waals surface area contributed by atoms with Gasteiger partial charge in [0.25, 0.3) is 11.8 Å². The van der Waals surface area contributed by atoms with E-state index >= 15 is 0 Å². The average Bonchev–Trinajstić information content (AvgIpc) is 1.67. The van der Waals surface area contributed by atoms with E-state index in [4.69, 9.17) is 45.8 Å². The van der Waals surface area contributed by atoms with Gasteiger partial charge in [-0.2, -0.15) is 0 Å². The largest absolute Gasteiger partial charge is 0.495 e. The third-order valence-corrected chi connectivity index (χ3v) is 17.2. The first-order chi connectivity index (χ1) is 41.5. The second-order valence-electron chi connectivity index (χ2n) is 24.0. The zero-order chi connectivity index (χ0) is 64.6. The number of primary amides is 1. The Morgan fingerprint density at radius 2 is 1.61 bits per heavy atom. The van der Waals surface area contributed by atoms with Gasteiger partial charge < -0.3 is 65.4 Å². The predicted molar refractivity (Wildman–Crippen MR) is 319 cm³/mol. The van der Waals surface area contributed by atoms with Gasteiger partial charge in [-0.1, -0.05) is 76.9 Å². The van der Waals surface area contributed by atoms with Crippen molar-refractivity contribution < 1.29 is 81.5 Å². The van der Waals surface area contributed by atoms with E-state index < -0.39 is 119 Å². The molecule has 0 radical (unpaired) electrons. The van der Waals surface area contributed by atoms with Crippen LogP contribution in [0.1, 0.15) is 111 Å². The summed E-state index contributed by atoms with van der Waals surface area (Å²) in [6.45, 7) is 12.2. The quantitative estimate of drug-likeness (QED) is 0.0211. The summed E-state index contributed by atoms with van der Waals surface area (Å²) >= 11 is 6.93. The molecule has 88 heavy (non-hydrogen) atoms. The average molecular weight is 1250 g/mol. The number of fused-ring (bicyclic) bond motifs is 6. The van der Waals surface area contributed by atoms with Crippen LogP contribution in [0.5, 0.6) is 5.75 Å². The second kappa shape index (κ2) is 28.6. The van der Waals surface area contributed by atoms with Crippen molar-refractivity contribution in [3.05, 3.63) is 76.9 Å². The first-order valence-corrected chi connectivity index (χ1v) is 29.9. The van der Waals surface area contributed by atoms with E-state index in [0.29, 0.717) is 36.1 Å². The van der Waals surface area contributed by atoms with Crippen LogP contribution in [0.15, 0.2) is 60.7 Å². The molecular weight excluding hydrogens is 1170 g/mol. The number of halogens is 1. The Kier molecular flexibility index (Phi) is 22.0. The van der Waals surface area contributed by atoms with Gasteiger partial charge in [-0.15, -0.1) is 0 Å². The van der Waals surface area contributed by atoms with E-state index in [9.17, 15) is 53.1 Å². The lowest BCUT2D eigenvalue weighted by molar-refractivity contribution is -0.157. The Bertz CT molecular complexity index is 3030. The molecule has 0 saturated carbocycles. The summed E-state index contributed by atoms with van der Waals surface area (Å²) in [7, 11) is 4.31. The lowest BCUT2D eigenvalue weighted by atomic mass is 9.83. The van der Waals surface area contributed by atoms with E-state index in [-0.39, 0.29) is 92.4 Å². The van der Waals surface area contributed by atoms with Crippen LogP contribution in [0.3, 0.4) is 0 Å². The summed E-state index contributed by atoms with van der Waals surface area (Å²) in [5, 5.41) is 25.6. The molecule has 10 amide bonds. The normalized spacial score (nSPS) is 26.8. The number of aliphatic hydroxyl groups is 1. The number of hydrogen-bond acceptors (Lipinski definition) is 17. The van der Waals surface area contributed by atoms with Crippen LogP contribution in [0.25, 0.3) is 0 Å². The fraction of sp³-hybridized carbons (Fsp3) is 0.574. The Labute approximate surface area is 516 Å². The van der Waals surface area contributed by atoms with Crippen molar-refractivity contribution in [2.45, 2.75) is 172 Å². The highest BCUT2D eigenvalue weighted by Gasteiger charge is 2.65. The molecule has 2 aromatic carbocycles. The van der Waals surface area contributed by atoms with Gasteiger partial charge in [-0.3, -0.25) is 48.7 Å². The Balaban J connectivity index is 1.06. The maximum absolute atomic E-state index is 14.4. The number of carbonyl (C=O) groups excluding carboxylic acids is 10. The summed E-state index contributed by atoms with van der Waals surface area (Å²) < 4.78 is 35.4. The van der Waals surface area contributed by atoms with Gasteiger partial charge in [0.2, 0.25) is 23.6 Å². The van der Waals surface area contributed by atoms with Crippen molar-refractivity contribution in [3.8, 4) is 5.75 Å². The van der Waals surface area contributed by atoms with E-state index in [1.807, 2.05) is 6.92 Å². The maximum Gasteiger partial charge on any atom is 0.411 e. The molecule has 5 aliphatic rings. The molecule has 7 unspecified atom stereocenters. The van der Waals surface area contributed by atoms with Crippen LogP contribution in [0, 0.1) is 17.8 Å². The SMILES string of the molecule is COc1cc2cc(c1Cl)N(C)C(=O)CC(OC(=O)C(C)C)[C@]1(C)O[C@H]1C(C)C1CC(O)(NC(=O)O1)C(OC)/C=C/C1N(C(=O)OCc3ccc(NC(=O)[C@H](CCCNC(N)=O)NC(=O)[C@@H](NC(=O)CCCCCN4C(=O)C=CC4=O)C(C)C)cc3)C1(C)C2. The molecule has 2 aromatic rings. The number of carbonyl (C=O) groups is 10. The second-order valence-corrected chi connectivity index (χ2v) is 24.4. The van der Waals surface area contributed by atoms with Crippen molar-refractivity contribution in [1.82, 2.24) is 31.1 Å². The fourth-order valence-electron chi connectivity index (χ4n) is 11.4. The number of imide groups is 1. The number of nitrogens with one attached hydrogen (secondary N) is 5. The van der Waals surface area contributed by atoms with Crippen LogP contribution in [0.2, 0.25) is 5.02 Å². The number of urea groups is 1. The molecule has 8 N–H and O–H groups in total. The zero-order valence-electron chi connectivity index (χ0n) is 51.3. The number of nitrogens with zero attached hydrogens (tertiary/aromatic N) is 3. The molecule has 5 aliphatic heterocycles. The molecule has 27 heteroatoms. The number of methoxy groups -OCH3 is 2. The molecule has 7 rings (SSSR count). The van der Waals surface area contributed by atoms with Gasteiger partial charge in [0, 0.05) is 63.8 Å². The third-order valence-electron chi connectivity index (χ3n) is 16.8. The number of rotatable bonds is 22. The van der Waals surface area contributed by atoms with Crippen LogP contribution in [-0.4, -0.2) is 168 Å². The summed E-state index contributed by atoms with van der Waals surface area (Å²) in [6, 6.07) is 6.20.